The van der Waals surface area contributed by atoms with Gasteiger partial charge in [-0.05, 0) is 29.7 Å². The standard InChI is InChI=1S/C16H15NO2/c1-10-6-5-9-13-14(10)11-7-3-4-8-12(11)15(17-13)16(18)19-2/h3-9,15,17H,1-2H3. The third-order valence-corrected chi connectivity index (χ3v) is 3.55. The van der Waals surface area contributed by atoms with Crippen molar-refractivity contribution in [2.45, 2.75) is 13.0 Å². The van der Waals surface area contributed by atoms with Crippen LogP contribution in [-0.2, 0) is 9.53 Å². The quantitative estimate of drug-likeness (QED) is 0.792. The molecule has 1 N–H and O–H groups in total. The lowest BCUT2D eigenvalue weighted by Crippen LogP contribution is -2.26. The maximum absolute atomic E-state index is 11.9. The Morgan fingerprint density at radius 2 is 1.95 bits per heavy atom. The van der Waals surface area contributed by atoms with Gasteiger partial charge in [0.25, 0.3) is 0 Å². The van der Waals surface area contributed by atoms with Crippen molar-refractivity contribution in [1.29, 1.82) is 0 Å². The zero-order valence-electron chi connectivity index (χ0n) is 10.9. The number of rotatable bonds is 1. The van der Waals surface area contributed by atoms with E-state index in [2.05, 4.69) is 24.4 Å². The molecule has 3 nitrogen and oxygen atoms in total. The largest absolute Gasteiger partial charge is 0.467 e. The van der Waals surface area contributed by atoms with Crippen LogP contribution in [0, 0.1) is 6.92 Å². The number of carbonyl (C=O) groups excluding carboxylic acids is 1. The van der Waals surface area contributed by atoms with Gasteiger partial charge >= 0.3 is 5.97 Å². The fourth-order valence-electron chi connectivity index (χ4n) is 2.66. The maximum atomic E-state index is 11.9. The van der Waals surface area contributed by atoms with E-state index in [0.29, 0.717) is 0 Å². The monoisotopic (exact) mass is 253 g/mol. The summed E-state index contributed by atoms with van der Waals surface area (Å²) >= 11 is 0. The van der Waals surface area contributed by atoms with E-state index in [0.717, 1.165) is 16.8 Å². The van der Waals surface area contributed by atoms with Crippen molar-refractivity contribution in [3.05, 3.63) is 53.6 Å². The summed E-state index contributed by atoms with van der Waals surface area (Å²) in [4.78, 5) is 11.9. The average Bonchev–Trinajstić information content (AvgIpc) is 2.45. The molecule has 0 saturated heterocycles. The van der Waals surface area contributed by atoms with Crippen LogP contribution >= 0.6 is 0 Å². The molecule has 0 spiro atoms. The van der Waals surface area contributed by atoms with Crippen LogP contribution in [0.5, 0.6) is 0 Å². The molecule has 1 aliphatic heterocycles. The van der Waals surface area contributed by atoms with Crippen LogP contribution in [0.3, 0.4) is 0 Å². The minimum absolute atomic E-state index is 0.264. The number of esters is 1. The van der Waals surface area contributed by atoms with E-state index < -0.39 is 6.04 Å². The van der Waals surface area contributed by atoms with Crippen molar-refractivity contribution in [2.75, 3.05) is 12.4 Å². The van der Waals surface area contributed by atoms with Crippen LogP contribution in [0.1, 0.15) is 17.2 Å². The molecule has 3 rings (SSSR count). The summed E-state index contributed by atoms with van der Waals surface area (Å²) in [6, 6.07) is 13.6. The summed E-state index contributed by atoms with van der Waals surface area (Å²) in [5, 5.41) is 3.27. The number of carbonyl (C=O) groups is 1. The summed E-state index contributed by atoms with van der Waals surface area (Å²) in [6.07, 6.45) is 0. The molecule has 0 amide bonds. The van der Waals surface area contributed by atoms with Crippen molar-refractivity contribution < 1.29 is 9.53 Å². The van der Waals surface area contributed by atoms with Crippen molar-refractivity contribution in [1.82, 2.24) is 0 Å². The highest BCUT2D eigenvalue weighted by atomic mass is 16.5. The first kappa shape index (κ1) is 11.8. The molecule has 0 aromatic heterocycles. The number of nitrogens with one attached hydrogen (secondary N) is 1. The second kappa shape index (κ2) is 4.43. The number of aryl methyl sites for hydroxylation is 1. The van der Waals surface area contributed by atoms with E-state index in [4.69, 9.17) is 4.74 Å². The Hall–Kier alpha value is -2.29. The van der Waals surface area contributed by atoms with Gasteiger partial charge in [-0.15, -0.1) is 0 Å². The van der Waals surface area contributed by atoms with Gasteiger partial charge in [0.05, 0.1) is 7.11 Å². The molecule has 0 bridgehead atoms. The van der Waals surface area contributed by atoms with Gasteiger partial charge in [0.15, 0.2) is 6.04 Å². The minimum Gasteiger partial charge on any atom is -0.467 e. The van der Waals surface area contributed by atoms with Gasteiger partial charge in [-0.2, -0.15) is 0 Å². The predicted molar refractivity (Wildman–Crippen MR) is 75.0 cm³/mol. The highest BCUT2D eigenvalue weighted by Gasteiger charge is 2.30. The van der Waals surface area contributed by atoms with Crippen molar-refractivity contribution >= 4 is 11.7 Å². The van der Waals surface area contributed by atoms with Crippen molar-refractivity contribution in [3.8, 4) is 11.1 Å². The smallest absolute Gasteiger partial charge is 0.333 e. The molecule has 0 aliphatic carbocycles. The fourth-order valence-corrected chi connectivity index (χ4v) is 2.66. The molecule has 0 saturated carbocycles. The summed E-state index contributed by atoms with van der Waals surface area (Å²) in [5.41, 5.74) is 5.41. The van der Waals surface area contributed by atoms with Crippen molar-refractivity contribution in [3.63, 3.8) is 0 Å². The molecule has 3 heteroatoms. The minimum atomic E-state index is -0.435. The lowest BCUT2D eigenvalue weighted by atomic mass is 9.87. The fraction of sp³-hybridized carbons (Fsp3) is 0.188. The third kappa shape index (κ3) is 1.78. The highest BCUT2D eigenvalue weighted by Crippen LogP contribution is 2.42. The van der Waals surface area contributed by atoms with Gasteiger partial charge in [0.2, 0.25) is 0 Å². The normalized spacial score (nSPS) is 16.0. The first-order valence-corrected chi connectivity index (χ1v) is 6.25. The first-order valence-electron chi connectivity index (χ1n) is 6.25. The number of hydrogen-bond donors (Lipinski definition) is 1. The molecule has 0 radical (unpaired) electrons. The summed E-state index contributed by atoms with van der Waals surface area (Å²) in [6.45, 7) is 2.08. The third-order valence-electron chi connectivity index (χ3n) is 3.55. The van der Waals surface area contributed by atoms with Crippen LogP contribution in [-0.4, -0.2) is 13.1 Å². The lowest BCUT2D eigenvalue weighted by Gasteiger charge is -2.29. The molecule has 2 aromatic rings. The van der Waals surface area contributed by atoms with Crippen LogP contribution in [0.15, 0.2) is 42.5 Å². The first-order chi connectivity index (χ1) is 9.22. The second-order valence-electron chi connectivity index (χ2n) is 4.69. The Balaban J connectivity index is 2.24. The molecule has 2 aromatic carbocycles. The molecular weight excluding hydrogens is 238 g/mol. The Bertz CT molecular complexity index is 649. The summed E-state index contributed by atoms with van der Waals surface area (Å²) in [5.74, 6) is -0.264. The molecule has 19 heavy (non-hydrogen) atoms. The van der Waals surface area contributed by atoms with Gasteiger partial charge in [0, 0.05) is 11.3 Å². The van der Waals surface area contributed by atoms with Gasteiger partial charge in [-0.1, -0.05) is 36.4 Å². The van der Waals surface area contributed by atoms with E-state index in [1.165, 1.54) is 18.2 Å². The Morgan fingerprint density at radius 1 is 1.16 bits per heavy atom. The number of ether oxygens (including phenoxy) is 1. The molecule has 1 heterocycles. The zero-order chi connectivity index (χ0) is 13.4. The zero-order valence-corrected chi connectivity index (χ0v) is 10.9. The average molecular weight is 253 g/mol. The Morgan fingerprint density at radius 3 is 2.74 bits per heavy atom. The highest BCUT2D eigenvalue weighted by molar-refractivity contribution is 5.93. The number of fused-ring (bicyclic) bond motifs is 3. The number of benzene rings is 2. The molecule has 0 fully saturated rings. The van der Waals surface area contributed by atoms with E-state index in [9.17, 15) is 4.79 Å². The summed E-state index contributed by atoms with van der Waals surface area (Å²) in [7, 11) is 1.42. The van der Waals surface area contributed by atoms with Crippen LogP contribution in [0.2, 0.25) is 0 Å². The topological polar surface area (TPSA) is 38.3 Å². The van der Waals surface area contributed by atoms with E-state index in [1.807, 2.05) is 30.3 Å². The van der Waals surface area contributed by atoms with Crippen LogP contribution in [0.4, 0.5) is 5.69 Å². The van der Waals surface area contributed by atoms with Crippen LogP contribution in [0.25, 0.3) is 11.1 Å². The molecule has 1 unspecified atom stereocenters. The Labute approximate surface area is 112 Å². The number of hydrogen-bond acceptors (Lipinski definition) is 3. The van der Waals surface area contributed by atoms with Gasteiger partial charge in [-0.3, -0.25) is 0 Å². The second-order valence-corrected chi connectivity index (χ2v) is 4.69. The van der Waals surface area contributed by atoms with Crippen LogP contribution < -0.4 is 5.32 Å². The Kier molecular flexibility index (Phi) is 2.75. The van der Waals surface area contributed by atoms with E-state index >= 15 is 0 Å². The molecule has 1 aliphatic rings. The predicted octanol–water partition coefficient (Wildman–Crippen LogP) is 3.30. The van der Waals surface area contributed by atoms with Gasteiger partial charge < -0.3 is 10.1 Å². The van der Waals surface area contributed by atoms with E-state index in [1.54, 1.807) is 0 Å². The number of methoxy groups -OCH3 is 1. The molecule has 1 atom stereocenters. The lowest BCUT2D eigenvalue weighted by molar-refractivity contribution is -0.141. The molecule has 96 valence electrons. The molecular formula is C16H15NO2. The van der Waals surface area contributed by atoms with Crippen molar-refractivity contribution in [2.24, 2.45) is 0 Å². The van der Waals surface area contributed by atoms with E-state index in [-0.39, 0.29) is 5.97 Å². The van der Waals surface area contributed by atoms with Gasteiger partial charge in [-0.25, -0.2) is 4.79 Å². The SMILES string of the molecule is COC(=O)C1Nc2cccc(C)c2-c2ccccc21. The summed E-state index contributed by atoms with van der Waals surface area (Å²) < 4.78 is 4.89. The maximum Gasteiger partial charge on any atom is 0.333 e. The number of anilines is 1. The van der Waals surface area contributed by atoms with Gasteiger partial charge in [0.1, 0.15) is 0 Å².